The number of nitrogens with zero attached hydrogens (tertiary/aromatic N) is 2. The number of aliphatic hydroxyl groups is 1. The van der Waals surface area contributed by atoms with E-state index in [1.165, 1.54) is 19.1 Å². The Morgan fingerprint density at radius 2 is 1.83 bits per heavy atom. The molecule has 0 radical (unpaired) electrons. The van der Waals surface area contributed by atoms with E-state index < -0.39 is 33.7 Å². The van der Waals surface area contributed by atoms with Gasteiger partial charge in [0.15, 0.2) is 15.6 Å². The summed E-state index contributed by atoms with van der Waals surface area (Å²) < 4.78 is 36.5. The molecule has 1 aliphatic carbocycles. The van der Waals surface area contributed by atoms with Gasteiger partial charge in [-0.25, -0.2) is 13.4 Å². The summed E-state index contributed by atoms with van der Waals surface area (Å²) in [5.41, 5.74) is 2.48. The fourth-order valence-electron chi connectivity index (χ4n) is 5.19. The molecule has 2 atom stereocenters. The van der Waals surface area contributed by atoms with E-state index >= 15 is 0 Å². The summed E-state index contributed by atoms with van der Waals surface area (Å²) >= 11 is 0. The van der Waals surface area contributed by atoms with E-state index in [2.05, 4.69) is 10.3 Å². The second-order valence-electron chi connectivity index (χ2n) is 10.4. The minimum Gasteiger partial charge on any atom is -0.484 e. The summed E-state index contributed by atoms with van der Waals surface area (Å²) in [5, 5.41) is 12.2. The van der Waals surface area contributed by atoms with E-state index in [9.17, 15) is 23.1 Å². The second kappa shape index (κ2) is 12.7. The van der Waals surface area contributed by atoms with E-state index in [-0.39, 0.29) is 22.8 Å². The minimum absolute atomic E-state index is 0.0104. The molecule has 3 aromatic carbocycles. The number of carbonyl (C=O) groups excluding carboxylic acids is 2. The molecule has 0 saturated heterocycles. The van der Waals surface area contributed by atoms with Gasteiger partial charge in [-0.05, 0) is 55.2 Å². The molecule has 0 fully saturated rings. The number of rotatable bonds is 11. The molecule has 1 aromatic heterocycles. The van der Waals surface area contributed by atoms with Gasteiger partial charge >= 0.3 is 0 Å². The van der Waals surface area contributed by atoms with E-state index in [0.717, 1.165) is 5.56 Å². The highest BCUT2D eigenvalue weighted by Gasteiger charge is 2.30. The number of benzene rings is 3. The SMILES string of the molecule is C[C@H](O)CNC(=O)c1ccccc1S(=O)(=O)Cc1c(O[C@H](Cn2ccnc2)c2ccccc2)ccc2c1CCCC2=O. The topological polar surface area (TPSA) is 128 Å². The van der Waals surface area contributed by atoms with E-state index in [0.29, 0.717) is 48.2 Å². The van der Waals surface area contributed by atoms with Crippen LogP contribution in [0.1, 0.15) is 63.3 Å². The number of fused-ring (bicyclic) bond motifs is 1. The highest BCUT2D eigenvalue weighted by Crippen LogP contribution is 2.37. The average Bonchev–Trinajstić information content (AvgIpc) is 3.50. The summed E-state index contributed by atoms with van der Waals surface area (Å²) in [7, 11) is -4.08. The molecule has 218 valence electrons. The van der Waals surface area contributed by atoms with Crippen LogP contribution >= 0.6 is 0 Å². The Balaban J connectivity index is 1.56. The third-order valence-corrected chi connectivity index (χ3v) is 8.95. The maximum Gasteiger partial charge on any atom is 0.252 e. The van der Waals surface area contributed by atoms with Gasteiger partial charge in [0.05, 0.1) is 35.2 Å². The lowest BCUT2D eigenvalue weighted by Crippen LogP contribution is -2.31. The Morgan fingerprint density at radius 3 is 2.57 bits per heavy atom. The number of amides is 1. The number of hydrogen-bond donors (Lipinski definition) is 2. The predicted molar refractivity (Wildman–Crippen MR) is 157 cm³/mol. The van der Waals surface area contributed by atoms with Crippen LogP contribution in [0.3, 0.4) is 0 Å². The normalized spacial score (nSPS) is 14.6. The number of carbonyl (C=O) groups is 2. The molecule has 1 heterocycles. The Morgan fingerprint density at radius 1 is 1.07 bits per heavy atom. The van der Waals surface area contributed by atoms with Crippen LogP contribution in [0.4, 0.5) is 0 Å². The predicted octanol–water partition coefficient (Wildman–Crippen LogP) is 4.31. The first kappa shape index (κ1) is 29.2. The molecular weight excluding hydrogens is 554 g/mol. The molecule has 2 N–H and O–H groups in total. The number of imidazole rings is 1. The van der Waals surface area contributed by atoms with E-state index in [1.807, 2.05) is 41.1 Å². The number of nitrogens with one attached hydrogen (secondary N) is 1. The fourth-order valence-corrected chi connectivity index (χ4v) is 6.83. The van der Waals surface area contributed by atoms with Crippen molar-refractivity contribution in [3.63, 3.8) is 0 Å². The number of aromatic nitrogens is 2. The Labute approximate surface area is 245 Å². The van der Waals surface area contributed by atoms with Crippen molar-refractivity contribution in [2.24, 2.45) is 0 Å². The third kappa shape index (κ3) is 6.61. The first-order valence-electron chi connectivity index (χ1n) is 13.9. The molecule has 0 unspecified atom stereocenters. The Bertz CT molecular complexity index is 1670. The first-order valence-corrected chi connectivity index (χ1v) is 15.5. The molecule has 5 rings (SSSR count). The van der Waals surface area contributed by atoms with Crippen molar-refractivity contribution in [2.45, 2.75) is 55.6 Å². The molecule has 9 nitrogen and oxygen atoms in total. The standard InChI is InChI=1S/C32H33N3O6S/c1-22(36)18-34-32(38)26-10-5-6-13-31(26)42(39,40)20-27-24-11-7-12-28(37)25(24)14-15-29(27)41-30(19-35-17-16-33-21-35)23-8-3-2-4-9-23/h2-6,8-10,13-17,21-22,30,36H,7,11-12,18-20H2,1H3,(H,34,38)/t22-,30+/m0/s1. The lowest BCUT2D eigenvalue weighted by Gasteiger charge is -2.26. The maximum absolute atomic E-state index is 14.0. The first-order chi connectivity index (χ1) is 20.2. The number of Topliss-reactive ketones (excluding diaryl/α,β-unsaturated/α-hetero) is 1. The molecule has 4 aromatic rings. The van der Waals surface area contributed by atoms with Crippen LogP contribution in [-0.2, 0) is 28.6 Å². The van der Waals surface area contributed by atoms with Crippen molar-refractivity contribution in [1.29, 1.82) is 0 Å². The molecule has 0 bridgehead atoms. The molecule has 42 heavy (non-hydrogen) atoms. The van der Waals surface area contributed by atoms with Crippen LogP contribution in [0.15, 0.2) is 90.3 Å². The van der Waals surface area contributed by atoms with Crippen LogP contribution in [-0.4, -0.2) is 47.4 Å². The average molecular weight is 588 g/mol. The zero-order chi connectivity index (χ0) is 29.7. The van der Waals surface area contributed by atoms with Crippen LogP contribution < -0.4 is 10.1 Å². The number of ketones is 1. The highest BCUT2D eigenvalue weighted by atomic mass is 32.2. The van der Waals surface area contributed by atoms with Gasteiger partial charge in [-0.3, -0.25) is 9.59 Å². The van der Waals surface area contributed by atoms with E-state index in [1.54, 1.807) is 36.8 Å². The molecule has 1 amide bonds. The Kier molecular flexibility index (Phi) is 8.84. The summed E-state index contributed by atoms with van der Waals surface area (Å²) in [6.07, 6.45) is 5.49. The monoisotopic (exact) mass is 587 g/mol. The highest BCUT2D eigenvalue weighted by molar-refractivity contribution is 7.90. The molecule has 10 heteroatoms. The number of hydrogen-bond acceptors (Lipinski definition) is 7. The van der Waals surface area contributed by atoms with Crippen LogP contribution in [0, 0.1) is 0 Å². The Hall–Kier alpha value is -4.28. The van der Waals surface area contributed by atoms with Crippen LogP contribution in [0.2, 0.25) is 0 Å². The van der Waals surface area contributed by atoms with Gasteiger partial charge in [0.25, 0.3) is 5.91 Å². The lowest BCUT2D eigenvalue weighted by molar-refractivity contribution is 0.0920. The maximum atomic E-state index is 14.0. The summed E-state index contributed by atoms with van der Waals surface area (Å²) in [6.45, 7) is 1.94. The van der Waals surface area contributed by atoms with Crippen molar-refractivity contribution in [2.75, 3.05) is 6.54 Å². The zero-order valence-corrected chi connectivity index (χ0v) is 24.1. The van der Waals surface area contributed by atoms with Gasteiger partial charge in [-0.1, -0.05) is 42.5 Å². The van der Waals surface area contributed by atoms with Gasteiger partial charge in [-0.2, -0.15) is 0 Å². The quantitative estimate of drug-likeness (QED) is 0.268. The van der Waals surface area contributed by atoms with Crippen molar-refractivity contribution in [1.82, 2.24) is 14.9 Å². The van der Waals surface area contributed by atoms with Crippen molar-refractivity contribution in [3.8, 4) is 5.75 Å². The molecule has 0 aliphatic heterocycles. The second-order valence-corrected chi connectivity index (χ2v) is 12.4. The minimum atomic E-state index is -4.08. The summed E-state index contributed by atoms with van der Waals surface area (Å²) in [4.78, 5) is 29.7. The van der Waals surface area contributed by atoms with Gasteiger partial charge < -0.3 is 19.7 Å². The molecule has 1 aliphatic rings. The van der Waals surface area contributed by atoms with Gasteiger partial charge in [0.2, 0.25) is 0 Å². The zero-order valence-electron chi connectivity index (χ0n) is 23.3. The van der Waals surface area contributed by atoms with Crippen molar-refractivity contribution in [3.05, 3.63) is 113 Å². The number of ether oxygens (including phenoxy) is 1. The molecule has 0 saturated carbocycles. The van der Waals surface area contributed by atoms with Gasteiger partial charge in [0.1, 0.15) is 11.9 Å². The molecular formula is C32H33N3O6S. The number of sulfone groups is 1. The molecule has 0 spiro atoms. The largest absolute Gasteiger partial charge is 0.484 e. The van der Waals surface area contributed by atoms with Gasteiger partial charge in [-0.15, -0.1) is 0 Å². The van der Waals surface area contributed by atoms with Crippen LogP contribution in [0.5, 0.6) is 5.75 Å². The van der Waals surface area contributed by atoms with Crippen molar-refractivity contribution >= 4 is 21.5 Å². The summed E-state index contributed by atoms with van der Waals surface area (Å²) in [6, 6.07) is 19.0. The van der Waals surface area contributed by atoms with Crippen molar-refractivity contribution < 1.29 is 27.9 Å². The fraction of sp³-hybridized carbons (Fsp3) is 0.281. The smallest absolute Gasteiger partial charge is 0.252 e. The number of aliphatic hydroxyl groups excluding tert-OH is 1. The van der Waals surface area contributed by atoms with Gasteiger partial charge in [0, 0.05) is 36.5 Å². The lowest BCUT2D eigenvalue weighted by atomic mass is 9.87. The van der Waals surface area contributed by atoms with Crippen LogP contribution in [0.25, 0.3) is 0 Å². The van der Waals surface area contributed by atoms with E-state index in [4.69, 9.17) is 4.74 Å². The third-order valence-electron chi connectivity index (χ3n) is 7.25. The summed E-state index contributed by atoms with van der Waals surface area (Å²) in [5.74, 6) is -0.706.